The van der Waals surface area contributed by atoms with Gasteiger partial charge in [0.1, 0.15) is 28.3 Å². The fourth-order valence-corrected chi connectivity index (χ4v) is 3.81. The number of fused-ring (bicyclic) bond motifs is 1. The molecule has 0 bridgehead atoms. The SMILES string of the molecule is CSc1nc2c(C#N)c(NCc3ccccc3)nn2c(-c2ccc(Cl)cc2)c1C#N. The van der Waals surface area contributed by atoms with Gasteiger partial charge in [-0.25, -0.2) is 9.50 Å². The van der Waals surface area contributed by atoms with Gasteiger partial charge in [-0.05, 0) is 24.0 Å². The Morgan fingerprint density at radius 3 is 2.37 bits per heavy atom. The van der Waals surface area contributed by atoms with Crippen LogP contribution in [0.3, 0.4) is 0 Å². The molecule has 2 aromatic heterocycles. The van der Waals surface area contributed by atoms with E-state index in [1.54, 1.807) is 16.6 Å². The predicted molar refractivity (Wildman–Crippen MR) is 118 cm³/mol. The highest BCUT2D eigenvalue weighted by Crippen LogP contribution is 2.33. The van der Waals surface area contributed by atoms with Gasteiger partial charge < -0.3 is 5.32 Å². The first kappa shape index (κ1) is 19.8. The van der Waals surface area contributed by atoms with Crippen LogP contribution in [0.5, 0.6) is 0 Å². The molecule has 0 saturated carbocycles. The highest BCUT2D eigenvalue weighted by molar-refractivity contribution is 7.98. The highest BCUT2D eigenvalue weighted by Gasteiger charge is 2.22. The number of hydrogen-bond acceptors (Lipinski definition) is 6. The first-order valence-corrected chi connectivity index (χ1v) is 10.6. The molecule has 0 amide bonds. The molecular formula is C22H15ClN6S. The third-order valence-electron chi connectivity index (χ3n) is 4.57. The standard InChI is InChI=1S/C22H15ClN6S/c1-30-22-17(11-24)19(15-7-9-16(23)10-8-15)29-21(27-22)18(12-25)20(28-29)26-13-14-5-3-2-4-6-14/h2-10H,13H2,1H3,(H,26,28). The number of benzene rings is 2. The van der Waals surface area contributed by atoms with Gasteiger partial charge >= 0.3 is 0 Å². The number of thioether (sulfide) groups is 1. The minimum absolute atomic E-state index is 0.334. The number of nitriles is 2. The van der Waals surface area contributed by atoms with Gasteiger partial charge in [0.05, 0.1) is 5.69 Å². The molecule has 2 aromatic carbocycles. The number of anilines is 1. The quantitative estimate of drug-likeness (QED) is 0.349. The summed E-state index contributed by atoms with van der Waals surface area (Å²) in [5.74, 6) is 0.422. The topological polar surface area (TPSA) is 89.8 Å². The van der Waals surface area contributed by atoms with Gasteiger partial charge in [-0.1, -0.05) is 54.1 Å². The summed E-state index contributed by atoms with van der Waals surface area (Å²) in [4.78, 5) is 4.57. The number of nitrogens with one attached hydrogen (secondary N) is 1. The summed E-state index contributed by atoms with van der Waals surface area (Å²) in [6.07, 6.45) is 1.85. The molecule has 4 rings (SSSR count). The van der Waals surface area contributed by atoms with E-state index in [1.165, 1.54) is 11.8 Å². The third-order valence-corrected chi connectivity index (χ3v) is 5.50. The maximum Gasteiger partial charge on any atom is 0.177 e. The Balaban J connectivity index is 1.92. The fourth-order valence-electron chi connectivity index (χ4n) is 3.16. The van der Waals surface area contributed by atoms with Gasteiger partial charge in [0, 0.05) is 17.1 Å². The molecule has 0 atom stereocenters. The molecule has 0 radical (unpaired) electrons. The summed E-state index contributed by atoms with van der Waals surface area (Å²) in [5, 5.41) is 28.6. The molecule has 4 aromatic rings. The van der Waals surface area contributed by atoms with Gasteiger partial charge in [0.15, 0.2) is 11.5 Å². The zero-order valence-electron chi connectivity index (χ0n) is 15.9. The monoisotopic (exact) mass is 430 g/mol. The summed E-state index contributed by atoms with van der Waals surface area (Å²) in [6, 6.07) is 21.5. The first-order chi connectivity index (χ1) is 14.7. The van der Waals surface area contributed by atoms with Crippen LogP contribution in [0.15, 0.2) is 59.6 Å². The Kier molecular flexibility index (Phi) is 5.58. The molecule has 6 nitrogen and oxygen atoms in total. The van der Waals surface area contributed by atoms with Crippen molar-refractivity contribution in [3.8, 4) is 23.4 Å². The van der Waals surface area contributed by atoms with Gasteiger partial charge in [-0.15, -0.1) is 16.9 Å². The molecule has 0 aliphatic carbocycles. The molecule has 0 aliphatic rings. The molecule has 0 fully saturated rings. The van der Waals surface area contributed by atoms with E-state index in [9.17, 15) is 10.5 Å². The third kappa shape index (κ3) is 3.57. The molecule has 0 unspecified atom stereocenters. The molecule has 2 heterocycles. The molecule has 146 valence electrons. The molecular weight excluding hydrogens is 416 g/mol. The fraction of sp³-hybridized carbons (Fsp3) is 0.0909. The Morgan fingerprint density at radius 2 is 1.73 bits per heavy atom. The Labute approximate surface area is 182 Å². The molecule has 0 spiro atoms. The number of rotatable bonds is 5. The van der Waals surface area contributed by atoms with Crippen LogP contribution in [-0.4, -0.2) is 20.9 Å². The zero-order valence-corrected chi connectivity index (χ0v) is 17.5. The van der Waals surface area contributed by atoms with Crippen LogP contribution in [0, 0.1) is 22.7 Å². The average molecular weight is 431 g/mol. The molecule has 8 heteroatoms. The van der Waals surface area contributed by atoms with Gasteiger partial charge in [-0.3, -0.25) is 0 Å². The van der Waals surface area contributed by atoms with Crippen molar-refractivity contribution in [3.63, 3.8) is 0 Å². The summed E-state index contributed by atoms with van der Waals surface area (Å²) in [5.41, 5.74) is 3.54. The largest absolute Gasteiger partial charge is 0.363 e. The molecule has 0 saturated heterocycles. The lowest BCUT2D eigenvalue weighted by atomic mass is 10.1. The summed E-state index contributed by atoms with van der Waals surface area (Å²) in [6.45, 7) is 0.510. The minimum Gasteiger partial charge on any atom is -0.363 e. The van der Waals surface area contributed by atoms with Crippen molar-refractivity contribution in [3.05, 3.63) is 76.3 Å². The lowest BCUT2D eigenvalue weighted by Crippen LogP contribution is -2.03. The van der Waals surface area contributed by atoms with Crippen LogP contribution < -0.4 is 5.32 Å². The van der Waals surface area contributed by atoms with E-state index in [0.717, 1.165) is 11.1 Å². The number of nitrogens with zero attached hydrogens (tertiary/aromatic N) is 5. The summed E-state index contributed by atoms with van der Waals surface area (Å²) in [7, 11) is 0. The second kappa shape index (κ2) is 8.46. The molecule has 1 N–H and O–H groups in total. The average Bonchev–Trinajstić information content (AvgIpc) is 3.14. The lowest BCUT2D eigenvalue weighted by Gasteiger charge is -2.10. The van der Waals surface area contributed by atoms with Crippen LogP contribution in [-0.2, 0) is 6.54 Å². The van der Waals surface area contributed by atoms with Crippen molar-refractivity contribution in [2.45, 2.75) is 11.6 Å². The van der Waals surface area contributed by atoms with Gasteiger partial charge in [0.2, 0.25) is 0 Å². The van der Waals surface area contributed by atoms with Crippen molar-refractivity contribution in [1.82, 2.24) is 14.6 Å². The van der Waals surface area contributed by atoms with Crippen molar-refractivity contribution in [1.29, 1.82) is 10.5 Å². The van der Waals surface area contributed by atoms with Crippen molar-refractivity contribution in [2.24, 2.45) is 0 Å². The van der Waals surface area contributed by atoms with E-state index in [1.807, 2.05) is 48.7 Å². The van der Waals surface area contributed by atoms with Crippen molar-refractivity contribution >= 4 is 34.8 Å². The number of hydrogen-bond donors (Lipinski definition) is 1. The van der Waals surface area contributed by atoms with Crippen LogP contribution in [0.4, 0.5) is 5.82 Å². The number of aromatic nitrogens is 3. The van der Waals surface area contributed by atoms with Crippen LogP contribution in [0.1, 0.15) is 16.7 Å². The van der Waals surface area contributed by atoms with E-state index in [-0.39, 0.29) is 0 Å². The first-order valence-electron chi connectivity index (χ1n) is 9.01. The highest BCUT2D eigenvalue weighted by atomic mass is 35.5. The van der Waals surface area contributed by atoms with Crippen LogP contribution in [0.2, 0.25) is 5.02 Å². The Morgan fingerprint density at radius 1 is 1.03 bits per heavy atom. The van der Waals surface area contributed by atoms with Crippen molar-refractivity contribution in [2.75, 3.05) is 11.6 Å². The van der Waals surface area contributed by atoms with Crippen LogP contribution in [0.25, 0.3) is 16.9 Å². The van der Waals surface area contributed by atoms with E-state index in [4.69, 9.17) is 11.6 Å². The maximum atomic E-state index is 9.84. The Hall–Kier alpha value is -3.52. The van der Waals surface area contributed by atoms with E-state index >= 15 is 0 Å². The van der Waals surface area contributed by atoms with Gasteiger partial charge in [0.25, 0.3) is 0 Å². The molecule has 30 heavy (non-hydrogen) atoms. The molecule has 0 aliphatic heterocycles. The second-order valence-corrected chi connectivity index (χ2v) is 7.60. The van der Waals surface area contributed by atoms with Gasteiger partial charge in [-0.2, -0.15) is 10.5 Å². The zero-order chi connectivity index (χ0) is 21.1. The maximum absolute atomic E-state index is 9.84. The number of halogens is 1. The van der Waals surface area contributed by atoms with E-state index < -0.39 is 0 Å². The second-order valence-electron chi connectivity index (χ2n) is 6.37. The Bertz CT molecular complexity index is 1300. The predicted octanol–water partition coefficient (Wildman–Crippen LogP) is 5.13. The van der Waals surface area contributed by atoms with E-state index in [0.29, 0.717) is 44.9 Å². The minimum atomic E-state index is 0.334. The van der Waals surface area contributed by atoms with E-state index in [2.05, 4.69) is 27.5 Å². The summed E-state index contributed by atoms with van der Waals surface area (Å²) >= 11 is 7.40. The smallest absolute Gasteiger partial charge is 0.177 e. The lowest BCUT2D eigenvalue weighted by molar-refractivity contribution is 0.913. The summed E-state index contributed by atoms with van der Waals surface area (Å²) < 4.78 is 1.56. The van der Waals surface area contributed by atoms with Crippen LogP contribution >= 0.6 is 23.4 Å². The normalized spacial score (nSPS) is 10.5. The van der Waals surface area contributed by atoms with Crippen molar-refractivity contribution < 1.29 is 0 Å².